The van der Waals surface area contributed by atoms with Crippen molar-refractivity contribution < 1.29 is 13.9 Å². The summed E-state index contributed by atoms with van der Waals surface area (Å²) < 4.78 is 19.6. The summed E-state index contributed by atoms with van der Waals surface area (Å²) >= 11 is 5.94. The van der Waals surface area contributed by atoms with Crippen molar-refractivity contribution in [3.8, 4) is 0 Å². The second-order valence-electron chi connectivity index (χ2n) is 4.33. The lowest BCUT2D eigenvalue weighted by Crippen LogP contribution is -2.12. The molecule has 21 heavy (non-hydrogen) atoms. The number of aryl methyl sites for hydroxylation is 1. The third kappa shape index (κ3) is 3.52. The highest BCUT2D eigenvalue weighted by Crippen LogP contribution is 2.23. The van der Waals surface area contributed by atoms with Crippen molar-refractivity contribution in [1.82, 2.24) is 9.78 Å². The standard InChI is InChI=1S/C14H15ClFN3O2/c1-3-21-14(20)10-7-18-19(2)13(10)8-17-12-5-4-9(16)6-11(12)15/h4-7,17H,3,8H2,1-2H3. The first-order valence-corrected chi connectivity index (χ1v) is 6.77. The second kappa shape index (κ2) is 6.58. The van der Waals surface area contributed by atoms with Crippen LogP contribution in [0.5, 0.6) is 0 Å². The number of halogens is 2. The minimum Gasteiger partial charge on any atom is -0.462 e. The van der Waals surface area contributed by atoms with Gasteiger partial charge in [0.25, 0.3) is 0 Å². The van der Waals surface area contributed by atoms with Crippen molar-refractivity contribution in [1.29, 1.82) is 0 Å². The van der Waals surface area contributed by atoms with E-state index in [9.17, 15) is 9.18 Å². The van der Waals surface area contributed by atoms with Crippen LogP contribution in [0.25, 0.3) is 0 Å². The number of anilines is 1. The number of nitrogens with zero attached hydrogens (tertiary/aromatic N) is 2. The molecule has 0 fully saturated rings. The summed E-state index contributed by atoms with van der Waals surface area (Å²) in [4.78, 5) is 11.8. The molecule has 0 atom stereocenters. The molecule has 0 bridgehead atoms. The number of nitrogens with one attached hydrogen (secondary N) is 1. The van der Waals surface area contributed by atoms with Gasteiger partial charge < -0.3 is 10.1 Å². The molecule has 0 aliphatic rings. The Labute approximate surface area is 126 Å². The molecule has 1 heterocycles. The minimum atomic E-state index is -0.424. The first kappa shape index (κ1) is 15.3. The maximum atomic E-state index is 13.0. The Morgan fingerprint density at radius 3 is 2.95 bits per heavy atom. The van der Waals surface area contributed by atoms with Gasteiger partial charge in [0.2, 0.25) is 0 Å². The fourth-order valence-corrected chi connectivity index (χ4v) is 2.10. The summed E-state index contributed by atoms with van der Waals surface area (Å²) in [7, 11) is 1.73. The topological polar surface area (TPSA) is 56.1 Å². The molecule has 0 saturated carbocycles. The van der Waals surface area contributed by atoms with Crippen LogP contribution in [0.2, 0.25) is 5.02 Å². The maximum Gasteiger partial charge on any atom is 0.341 e. The Kier molecular flexibility index (Phi) is 4.80. The Bertz CT molecular complexity index is 658. The molecule has 0 unspecified atom stereocenters. The molecule has 7 heteroatoms. The van der Waals surface area contributed by atoms with Crippen LogP contribution < -0.4 is 5.32 Å². The lowest BCUT2D eigenvalue weighted by atomic mass is 10.2. The number of esters is 1. The van der Waals surface area contributed by atoms with Crippen LogP contribution in [0.15, 0.2) is 24.4 Å². The first-order chi connectivity index (χ1) is 10.0. The maximum absolute atomic E-state index is 13.0. The lowest BCUT2D eigenvalue weighted by Gasteiger charge is -2.10. The molecule has 2 rings (SSSR count). The van der Waals surface area contributed by atoms with Crippen LogP contribution >= 0.6 is 11.6 Å². The molecule has 112 valence electrons. The van der Waals surface area contributed by atoms with E-state index in [1.165, 1.54) is 24.4 Å². The van der Waals surface area contributed by atoms with Gasteiger partial charge in [-0.3, -0.25) is 4.68 Å². The molecule has 0 radical (unpaired) electrons. The molecule has 0 amide bonds. The van der Waals surface area contributed by atoms with Gasteiger partial charge in [0, 0.05) is 7.05 Å². The monoisotopic (exact) mass is 311 g/mol. The summed E-state index contributed by atoms with van der Waals surface area (Å²) in [5.41, 5.74) is 1.63. The fraction of sp³-hybridized carbons (Fsp3) is 0.286. The number of carbonyl (C=O) groups is 1. The SMILES string of the molecule is CCOC(=O)c1cnn(C)c1CNc1ccc(F)cc1Cl. The average molecular weight is 312 g/mol. The van der Waals surface area contributed by atoms with Crippen LogP contribution in [0, 0.1) is 5.82 Å². The quantitative estimate of drug-likeness (QED) is 0.862. The number of ether oxygens (including phenoxy) is 1. The van der Waals surface area contributed by atoms with E-state index >= 15 is 0 Å². The van der Waals surface area contributed by atoms with Gasteiger partial charge in [-0.25, -0.2) is 9.18 Å². The number of rotatable bonds is 5. The van der Waals surface area contributed by atoms with Gasteiger partial charge in [0.15, 0.2) is 0 Å². The molecule has 0 spiro atoms. The molecule has 0 saturated heterocycles. The molecule has 5 nitrogen and oxygen atoms in total. The molecule has 1 aromatic heterocycles. The van der Waals surface area contributed by atoms with Crippen molar-refractivity contribution in [3.05, 3.63) is 46.5 Å². The van der Waals surface area contributed by atoms with Crippen LogP contribution in [-0.2, 0) is 18.3 Å². The van der Waals surface area contributed by atoms with Gasteiger partial charge in [-0.2, -0.15) is 5.10 Å². The Morgan fingerprint density at radius 1 is 1.52 bits per heavy atom. The van der Waals surface area contributed by atoms with E-state index in [4.69, 9.17) is 16.3 Å². The fourth-order valence-electron chi connectivity index (χ4n) is 1.86. The summed E-state index contributed by atoms with van der Waals surface area (Å²) in [5.74, 6) is -0.828. The third-order valence-corrected chi connectivity index (χ3v) is 3.25. The number of benzene rings is 1. The third-order valence-electron chi connectivity index (χ3n) is 2.93. The highest BCUT2D eigenvalue weighted by molar-refractivity contribution is 6.33. The summed E-state index contributed by atoms with van der Waals surface area (Å²) in [6.07, 6.45) is 1.46. The van der Waals surface area contributed by atoms with Crippen molar-refractivity contribution in [2.75, 3.05) is 11.9 Å². The van der Waals surface area contributed by atoms with Crippen LogP contribution in [0.1, 0.15) is 23.0 Å². The summed E-state index contributed by atoms with van der Waals surface area (Å²) in [6.45, 7) is 2.35. The van der Waals surface area contributed by atoms with Gasteiger partial charge in [-0.1, -0.05) is 11.6 Å². The zero-order chi connectivity index (χ0) is 15.4. The normalized spacial score (nSPS) is 10.5. The van der Waals surface area contributed by atoms with Gasteiger partial charge in [-0.15, -0.1) is 0 Å². The van der Waals surface area contributed by atoms with Gasteiger partial charge in [-0.05, 0) is 25.1 Å². The molecule has 2 aromatic rings. The van der Waals surface area contributed by atoms with Crippen LogP contribution in [0.3, 0.4) is 0 Å². The van der Waals surface area contributed by atoms with E-state index in [-0.39, 0.29) is 5.02 Å². The molecule has 1 N–H and O–H groups in total. The van der Waals surface area contributed by atoms with Gasteiger partial charge in [0.05, 0.1) is 35.8 Å². The minimum absolute atomic E-state index is 0.273. The summed E-state index contributed by atoms with van der Waals surface area (Å²) in [5, 5.41) is 7.38. The van der Waals surface area contributed by atoms with Crippen molar-refractivity contribution >= 4 is 23.3 Å². The van der Waals surface area contributed by atoms with Crippen molar-refractivity contribution in [2.24, 2.45) is 7.05 Å². The second-order valence-corrected chi connectivity index (χ2v) is 4.73. The predicted octanol–water partition coefficient (Wildman–Crippen LogP) is 3.00. The van der Waals surface area contributed by atoms with E-state index in [1.807, 2.05) is 0 Å². The largest absolute Gasteiger partial charge is 0.462 e. The zero-order valence-corrected chi connectivity index (χ0v) is 12.4. The predicted molar refractivity (Wildman–Crippen MR) is 77.9 cm³/mol. The Hall–Kier alpha value is -2.08. The number of aromatic nitrogens is 2. The molecule has 1 aromatic carbocycles. The van der Waals surface area contributed by atoms with Crippen molar-refractivity contribution in [3.63, 3.8) is 0 Å². The van der Waals surface area contributed by atoms with E-state index in [1.54, 1.807) is 18.7 Å². The zero-order valence-electron chi connectivity index (χ0n) is 11.7. The Morgan fingerprint density at radius 2 is 2.29 bits per heavy atom. The highest BCUT2D eigenvalue weighted by atomic mass is 35.5. The van der Waals surface area contributed by atoms with Gasteiger partial charge in [0.1, 0.15) is 11.4 Å². The van der Waals surface area contributed by atoms with Crippen LogP contribution in [0.4, 0.5) is 10.1 Å². The van der Waals surface area contributed by atoms with Crippen molar-refractivity contribution in [2.45, 2.75) is 13.5 Å². The first-order valence-electron chi connectivity index (χ1n) is 6.39. The molecular formula is C14H15ClFN3O2. The van der Waals surface area contributed by atoms with Crippen LogP contribution in [-0.4, -0.2) is 22.4 Å². The number of carbonyl (C=O) groups excluding carboxylic acids is 1. The smallest absolute Gasteiger partial charge is 0.341 e. The molecular weight excluding hydrogens is 297 g/mol. The lowest BCUT2D eigenvalue weighted by molar-refractivity contribution is 0.0525. The Balaban J connectivity index is 2.16. The van der Waals surface area contributed by atoms with E-state index < -0.39 is 11.8 Å². The van der Waals surface area contributed by atoms with E-state index in [2.05, 4.69) is 10.4 Å². The molecule has 0 aliphatic carbocycles. The number of hydrogen-bond donors (Lipinski definition) is 1. The summed E-state index contributed by atoms with van der Waals surface area (Å²) in [6, 6.07) is 4.07. The van der Waals surface area contributed by atoms with E-state index in [0.717, 1.165) is 0 Å². The number of hydrogen-bond acceptors (Lipinski definition) is 4. The molecule has 0 aliphatic heterocycles. The van der Waals surface area contributed by atoms with E-state index in [0.29, 0.717) is 30.1 Å². The average Bonchev–Trinajstić information content (AvgIpc) is 2.79. The highest BCUT2D eigenvalue weighted by Gasteiger charge is 2.17. The van der Waals surface area contributed by atoms with Gasteiger partial charge >= 0.3 is 5.97 Å².